The van der Waals surface area contributed by atoms with Gasteiger partial charge in [0.1, 0.15) is 5.70 Å². The first-order valence-electron chi connectivity index (χ1n) is 11.1. The molecule has 1 aromatic heterocycles. The zero-order valence-electron chi connectivity index (χ0n) is 20.2. The van der Waals surface area contributed by atoms with E-state index >= 15 is 0 Å². The molecule has 1 amide bonds. The van der Waals surface area contributed by atoms with Gasteiger partial charge in [0, 0.05) is 11.3 Å². The predicted molar refractivity (Wildman–Crippen MR) is 136 cm³/mol. The topological polar surface area (TPSA) is 116 Å². The fraction of sp³-hybridized carbons (Fsp3) is 0.240. The Morgan fingerprint density at radius 1 is 1.19 bits per heavy atom. The number of benzene rings is 2. The Morgan fingerprint density at radius 2 is 1.97 bits per heavy atom. The number of anilines is 1. The number of amides is 1. The standard InChI is InChI=1S/C25H25N5O5S/c1-16(2)29-14-22(35-28-29)27-21(31)15-36-25-26-19(24(32)30(25)18-10-6-5-7-11-18)13-17-9-8-12-20(33-3)23(17)34-4/h5-14,16H,15H2,1-4H3/b19-13+. The summed E-state index contributed by atoms with van der Waals surface area (Å²) in [5.74, 6) is 0.322. The second-order valence-electron chi connectivity index (χ2n) is 7.89. The summed E-state index contributed by atoms with van der Waals surface area (Å²) in [5, 5.41) is 16.7. The van der Waals surface area contributed by atoms with Crippen LogP contribution in [0.15, 0.2) is 74.9 Å². The number of carbonyl (C=O) groups excluding carboxylic acids is 1. The Kier molecular flexibility index (Phi) is 7.69. The number of nitrogens with zero attached hydrogens (tertiary/aromatic N) is 5. The highest BCUT2D eigenvalue weighted by molar-refractivity contribution is 8.14. The number of aromatic nitrogens is 2. The SMILES string of the molecule is COc1cccc(/C=C2/N=C(SC/C([O-])=N/c3c[n+](C(C)C)no3)N(c3ccccc3)C2=O)c1OC. The van der Waals surface area contributed by atoms with Gasteiger partial charge in [0.2, 0.25) is 5.27 Å². The molecular weight excluding hydrogens is 482 g/mol. The van der Waals surface area contributed by atoms with Crippen molar-refractivity contribution in [2.24, 2.45) is 9.98 Å². The molecule has 0 N–H and O–H groups in total. The number of carbonyl (C=O) groups is 1. The van der Waals surface area contributed by atoms with E-state index in [0.717, 1.165) is 11.8 Å². The third-order valence-corrected chi connectivity index (χ3v) is 6.05. The molecule has 2 aromatic carbocycles. The first kappa shape index (κ1) is 25.0. The van der Waals surface area contributed by atoms with E-state index in [9.17, 15) is 9.90 Å². The second-order valence-corrected chi connectivity index (χ2v) is 8.83. The van der Waals surface area contributed by atoms with Gasteiger partial charge < -0.3 is 14.6 Å². The molecule has 1 aliphatic heterocycles. The van der Waals surface area contributed by atoms with Crippen molar-refractivity contribution in [1.82, 2.24) is 5.27 Å². The average Bonchev–Trinajstić information content (AvgIpc) is 3.47. The van der Waals surface area contributed by atoms with E-state index in [-0.39, 0.29) is 29.3 Å². The Bertz CT molecular complexity index is 1330. The molecular formula is C25H25N5O5S. The molecule has 186 valence electrons. The van der Waals surface area contributed by atoms with E-state index < -0.39 is 5.90 Å². The monoisotopic (exact) mass is 507 g/mol. The summed E-state index contributed by atoms with van der Waals surface area (Å²) in [5.41, 5.74) is 1.47. The van der Waals surface area contributed by atoms with Crippen LogP contribution >= 0.6 is 11.8 Å². The van der Waals surface area contributed by atoms with Crippen molar-refractivity contribution in [2.45, 2.75) is 19.9 Å². The summed E-state index contributed by atoms with van der Waals surface area (Å²) in [6.45, 7) is 3.87. The maximum absolute atomic E-state index is 13.4. The molecule has 0 unspecified atom stereocenters. The van der Waals surface area contributed by atoms with Crippen molar-refractivity contribution in [1.29, 1.82) is 0 Å². The Hall–Kier alpha value is -4.12. The normalized spacial score (nSPS) is 15.1. The van der Waals surface area contributed by atoms with Crippen molar-refractivity contribution in [3.63, 3.8) is 0 Å². The lowest BCUT2D eigenvalue weighted by molar-refractivity contribution is -0.779. The highest BCUT2D eigenvalue weighted by atomic mass is 32.2. The summed E-state index contributed by atoms with van der Waals surface area (Å²) >= 11 is 1.11. The lowest BCUT2D eigenvalue weighted by Gasteiger charge is -2.18. The van der Waals surface area contributed by atoms with Gasteiger partial charge in [-0.25, -0.2) is 9.98 Å². The zero-order chi connectivity index (χ0) is 25.7. The maximum Gasteiger partial charge on any atom is 0.320 e. The van der Waals surface area contributed by atoms with Crippen molar-refractivity contribution >= 4 is 46.4 Å². The van der Waals surface area contributed by atoms with Gasteiger partial charge >= 0.3 is 5.88 Å². The van der Waals surface area contributed by atoms with Crippen LogP contribution in [0.3, 0.4) is 0 Å². The van der Waals surface area contributed by atoms with Crippen LogP contribution in [0.2, 0.25) is 0 Å². The van der Waals surface area contributed by atoms with E-state index in [4.69, 9.17) is 14.0 Å². The van der Waals surface area contributed by atoms with Crippen LogP contribution in [0, 0.1) is 0 Å². The second kappa shape index (κ2) is 11.1. The molecule has 2 heterocycles. The fourth-order valence-electron chi connectivity index (χ4n) is 3.39. The first-order chi connectivity index (χ1) is 17.4. The summed E-state index contributed by atoms with van der Waals surface area (Å²) in [4.78, 5) is 23.4. The smallest absolute Gasteiger partial charge is 0.320 e. The van der Waals surface area contributed by atoms with Crippen LogP contribution in [0.4, 0.5) is 11.6 Å². The van der Waals surface area contributed by atoms with Gasteiger partial charge in [0.25, 0.3) is 12.1 Å². The summed E-state index contributed by atoms with van der Waals surface area (Å²) < 4.78 is 17.5. The predicted octanol–water partition coefficient (Wildman–Crippen LogP) is 3.13. The molecule has 0 saturated carbocycles. The quantitative estimate of drug-likeness (QED) is 0.199. The molecule has 0 aliphatic carbocycles. The largest absolute Gasteiger partial charge is 0.861 e. The summed E-state index contributed by atoms with van der Waals surface area (Å²) in [6.07, 6.45) is 3.20. The number of thioether (sulfide) groups is 1. The zero-order valence-corrected chi connectivity index (χ0v) is 21.1. The van der Waals surface area contributed by atoms with Crippen LogP contribution in [0.5, 0.6) is 11.5 Å². The Labute approximate surface area is 212 Å². The third kappa shape index (κ3) is 5.41. The Balaban J connectivity index is 1.63. The highest BCUT2D eigenvalue weighted by Crippen LogP contribution is 2.35. The lowest BCUT2D eigenvalue weighted by Crippen LogP contribution is -2.36. The van der Waals surface area contributed by atoms with E-state index in [1.54, 1.807) is 54.4 Å². The van der Waals surface area contributed by atoms with Crippen molar-refractivity contribution in [3.05, 3.63) is 66.0 Å². The number of rotatable bonds is 8. The molecule has 11 heteroatoms. The molecule has 0 radical (unpaired) electrons. The fourth-order valence-corrected chi connectivity index (χ4v) is 4.19. The molecule has 0 saturated heterocycles. The molecule has 1 aliphatic rings. The van der Waals surface area contributed by atoms with Gasteiger partial charge in [-0.3, -0.25) is 14.2 Å². The van der Waals surface area contributed by atoms with Gasteiger partial charge in [-0.15, -0.1) is 0 Å². The molecule has 0 spiro atoms. The summed E-state index contributed by atoms with van der Waals surface area (Å²) in [6, 6.07) is 14.6. The van der Waals surface area contributed by atoms with E-state index in [0.29, 0.717) is 27.9 Å². The third-order valence-electron chi connectivity index (χ3n) is 5.13. The highest BCUT2D eigenvalue weighted by Gasteiger charge is 2.32. The van der Waals surface area contributed by atoms with Crippen molar-refractivity contribution < 1.29 is 28.6 Å². The van der Waals surface area contributed by atoms with Crippen LogP contribution in [-0.2, 0) is 4.79 Å². The number of methoxy groups -OCH3 is 2. The molecule has 0 fully saturated rings. The van der Waals surface area contributed by atoms with Crippen LogP contribution in [0.25, 0.3) is 6.08 Å². The number of amidine groups is 1. The lowest BCUT2D eigenvalue weighted by atomic mass is 10.1. The minimum absolute atomic E-state index is 0.0480. The van der Waals surface area contributed by atoms with Crippen LogP contribution in [-0.4, -0.2) is 42.2 Å². The summed E-state index contributed by atoms with van der Waals surface area (Å²) in [7, 11) is 3.08. The van der Waals surface area contributed by atoms with Crippen LogP contribution in [0.1, 0.15) is 25.5 Å². The number of ether oxygens (including phenoxy) is 2. The number of para-hydroxylation sites is 2. The van der Waals surface area contributed by atoms with Gasteiger partial charge in [-0.2, -0.15) is 0 Å². The van der Waals surface area contributed by atoms with Gasteiger partial charge in [0.15, 0.2) is 22.7 Å². The first-order valence-corrected chi connectivity index (χ1v) is 12.1. The van der Waals surface area contributed by atoms with Gasteiger partial charge in [-0.1, -0.05) is 42.1 Å². The number of hydrogen-bond donors (Lipinski definition) is 0. The molecule has 4 rings (SSSR count). The minimum atomic E-state index is -0.442. The number of aliphatic imine (C=N–C) groups is 2. The van der Waals surface area contributed by atoms with E-state index in [1.165, 1.54) is 12.0 Å². The van der Waals surface area contributed by atoms with Crippen molar-refractivity contribution in [3.8, 4) is 11.5 Å². The minimum Gasteiger partial charge on any atom is -0.861 e. The van der Waals surface area contributed by atoms with Gasteiger partial charge in [0.05, 0.1) is 19.9 Å². The Morgan fingerprint density at radius 3 is 2.64 bits per heavy atom. The van der Waals surface area contributed by atoms with E-state index in [2.05, 4.69) is 15.3 Å². The molecule has 36 heavy (non-hydrogen) atoms. The molecule has 3 aromatic rings. The van der Waals surface area contributed by atoms with Crippen LogP contribution < -0.4 is 24.2 Å². The van der Waals surface area contributed by atoms with Gasteiger partial charge in [-0.05, 0) is 48.7 Å². The average molecular weight is 508 g/mol. The number of hydrogen-bond acceptors (Lipinski definition) is 9. The van der Waals surface area contributed by atoms with Crippen molar-refractivity contribution in [2.75, 3.05) is 24.9 Å². The maximum atomic E-state index is 13.4. The molecule has 10 nitrogen and oxygen atoms in total. The molecule has 0 bridgehead atoms. The van der Waals surface area contributed by atoms with E-state index in [1.807, 2.05) is 32.0 Å². The molecule has 0 atom stereocenters.